The molecule has 24 heavy (non-hydrogen) atoms. The van der Waals surface area contributed by atoms with E-state index in [0.29, 0.717) is 32.1 Å². The number of sulfonamides is 1. The van der Waals surface area contributed by atoms with E-state index in [-0.39, 0.29) is 18.1 Å². The van der Waals surface area contributed by atoms with Crippen molar-refractivity contribution in [3.05, 3.63) is 0 Å². The van der Waals surface area contributed by atoms with Crippen molar-refractivity contribution in [2.45, 2.75) is 70.3 Å². The summed E-state index contributed by atoms with van der Waals surface area (Å²) in [5.74, 6) is 0.0371. The number of nitrogens with zero attached hydrogens (tertiary/aromatic N) is 1. The van der Waals surface area contributed by atoms with Crippen LogP contribution in [0.3, 0.4) is 0 Å². The third-order valence-corrected chi connectivity index (χ3v) is 6.96. The van der Waals surface area contributed by atoms with Gasteiger partial charge in [-0.15, -0.1) is 0 Å². The van der Waals surface area contributed by atoms with Gasteiger partial charge in [-0.05, 0) is 32.1 Å². The average molecular weight is 360 g/mol. The maximum atomic E-state index is 12.1. The molecule has 2 aliphatic rings. The lowest BCUT2D eigenvalue weighted by Gasteiger charge is -2.16. The maximum Gasteiger partial charge on any atom is 0.220 e. The first-order valence-electron chi connectivity index (χ1n) is 9.56. The van der Waals surface area contributed by atoms with Gasteiger partial charge in [0.25, 0.3) is 0 Å². The van der Waals surface area contributed by atoms with Gasteiger partial charge in [0.1, 0.15) is 0 Å². The van der Waals surface area contributed by atoms with E-state index in [1.165, 1.54) is 38.5 Å². The van der Waals surface area contributed by atoms with Crippen LogP contribution in [0.4, 0.5) is 0 Å². The van der Waals surface area contributed by atoms with Crippen LogP contribution in [0.15, 0.2) is 0 Å². The highest BCUT2D eigenvalue weighted by molar-refractivity contribution is 7.89. The van der Waals surface area contributed by atoms with Gasteiger partial charge >= 0.3 is 0 Å². The molecule has 1 saturated heterocycles. The molecule has 0 unspecified atom stereocenters. The van der Waals surface area contributed by atoms with Crippen molar-refractivity contribution in [3.63, 3.8) is 0 Å². The van der Waals surface area contributed by atoms with Gasteiger partial charge in [0.05, 0.1) is 5.75 Å². The summed E-state index contributed by atoms with van der Waals surface area (Å²) in [6.45, 7) is 2.69. The molecule has 2 fully saturated rings. The molecular formula is C17H33N3O3S. The van der Waals surface area contributed by atoms with Crippen molar-refractivity contribution in [1.82, 2.24) is 14.9 Å². The Balaban J connectivity index is 1.51. The lowest BCUT2D eigenvalue weighted by Crippen LogP contribution is -2.37. The fourth-order valence-electron chi connectivity index (χ4n) is 3.56. The molecule has 6 nitrogen and oxygen atoms in total. The molecule has 1 aliphatic carbocycles. The Bertz CT molecular complexity index is 467. The van der Waals surface area contributed by atoms with E-state index < -0.39 is 10.0 Å². The summed E-state index contributed by atoms with van der Waals surface area (Å²) in [7, 11) is -3.16. The molecule has 0 bridgehead atoms. The molecule has 2 N–H and O–H groups in total. The molecule has 0 aromatic heterocycles. The van der Waals surface area contributed by atoms with Crippen LogP contribution in [-0.4, -0.2) is 56.6 Å². The number of rotatable bonds is 9. The predicted octanol–water partition coefficient (Wildman–Crippen LogP) is 1.62. The number of hydrogen-bond acceptors (Lipinski definition) is 4. The van der Waals surface area contributed by atoms with Gasteiger partial charge in [0.2, 0.25) is 15.9 Å². The van der Waals surface area contributed by atoms with Crippen LogP contribution < -0.4 is 10.6 Å². The summed E-state index contributed by atoms with van der Waals surface area (Å²) >= 11 is 0. The maximum absolute atomic E-state index is 12.1. The fraction of sp³-hybridized carbons (Fsp3) is 0.941. The number of hydrogen-bond donors (Lipinski definition) is 2. The van der Waals surface area contributed by atoms with Crippen LogP contribution in [0.5, 0.6) is 0 Å². The zero-order chi connectivity index (χ0) is 17.3. The summed E-state index contributed by atoms with van der Waals surface area (Å²) in [6, 6.07) is 0.593. The molecule has 1 heterocycles. The second kappa shape index (κ2) is 10.4. The van der Waals surface area contributed by atoms with Crippen molar-refractivity contribution in [1.29, 1.82) is 0 Å². The zero-order valence-corrected chi connectivity index (χ0v) is 15.6. The molecule has 7 heteroatoms. The minimum Gasteiger partial charge on any atom is -0.355 e. The minimum absolute atomic E-state index is 0.0470. The topological polar surface area (TPSA) is 78.5 Å². The van der Waals surface area contributed by atoms with Crippen LogP contribution in [0.25, 0.3) is 0 Å². The average Bonchev–Trinajstić information content (AvgIpc) is 2.98. The molecule has 0 radical (unpaired) electrons. The van der Waals surface area contributed by atoms with Gasteiger partial charge in [-0.25, -0.2) is 12.7 Å². The Hall–Kier alpha value is -0.660. The summed E-state index contributed by atoms with van der Waals surface area (Å²) in [4.78, 5) is 11.8. The van der Waals surface area contributed by atoms with Crippen molar-refractivity contribution in [3.8, 4) is 0 Å². The normalized spacial score (nSPS) is 20.8. The summed E-state index contributed by atoms with van der Waals surface area (Å²) in [6.07, 6.45) is 10.4. The number of carbonyl (C=O) groups is 1. The van der Waals surface area contributed by atoms with Crippen molar-refractivity contribution < 1.29 is 13.2 Å². The molecule has 0 atom stereocenters. The van der Waals surface area contributed by atoms with Crippen molar-refractivity contribution >= 4 is 15.9 Å². The molecule has 1 amide bonds. The van der Waals surface area contributed by atoms with E-state index in [1.54, 1.807) is 4.31 Å². The molecule has 0 aromatic rings. The van der Waals surface area contributed by atoms with Gasteiger partial charge in [-0.1, -0.05) is 25.7 Å². The third-order valence-electron chi connectivity index (χ3n) is 5.00. The lowest BCUT2D eigenvalue weighted by molar-refractivity contribution is -0.121. The standard InChI is InChI=1S/C17H33N3O3S/c21-17(10-7-15-24(22,23)20-13-5-6-14-20)19-12-11-18-16-8-3-1-2-4-9-16/h16,18H,1-15H2,(H,19,21). The van der Waals surface area contributed by atoms with Gasteiger partial charge < -0.3 is 10.6 Å². The Morgan fingerprint density at radius 3 is 2.29 bits per heavy atom. The van der Waals surface area contributed by atoms with E-state index in [0.717, 1.165) is 19.4 Å². The molecule has 0 aromatic carbocycles. The van der Waals surface area contributed by atoms with E-state index in [2.05, 4.69) is 10.6 Å². The summed E-state index contributed by atoms with van der Waals surface area (Å²) in [5, 5.41) is 6.40. The third kappa shape index (κ3) is 7.07. The Morgan fingerprint density at radius 1 is 0.958 bits per heavy atom. The second-order valence-corrected chi connectivity index (χ2v) is 9.11. The van der Waals surface area contributed by atoms with Crippen LogP contribution in [0, 0.1) is 0 Å². The Morgan fingerprint density at radius 2 is 1.62 bits per heavy atom. The molecule has 140 valence electrons. The first-order chi connectivity index (χ1) is 11.6. The van der Waals surface area contributed by atoms with Crippen molar-refractivity contribution in [2.75, 3.05) is 31.9 Å². The van der Waals surface area contributed by atoms with Crippen LogP contribution in [0.1, 0.15) is 64.2 Å². The second-order valence-electron chi connectivity index (χ2n) is 7.02. The van der Waals surface area contributed by atoms with Crippen LogP contribution in [0.2, 0.25) is 0 Å². The van der Waals surface area contributed by atoms with E-state index >= 15 is 0 Å². The summed E-state index contributed by atoms with van der Waals surface area (Å²) < 4.78 is 25.7. The van der Waals surface area contributed by atoms with E-state index in [1.807, 2.05) is 0 Å². The van der Waals surface area contributed by atoms with Gasteiger partial charge in [0.15, 0.2) is 0 Å². The quantitative estimate of drug-likeness (QED) is 0.484. The highest BCUT2D eigenvalue weighted by atomic mass is 32.2. The lowest BCUT2D eigenvalue weighted by atomic mass is 10.1. The van der Waals surface area contributed by atoms with Crippen LogP contribution in [-0.2, 0) is 14.8 Å². The van der Waals surface area contributed by atoms with Gasteiger partial charge in [-0.2, -0.15) is 0 Å². The Labute approximate surface area is 146 Å². The monoisotopic (exact) mass is 359 g/mol. The molecule has 2 rings (SSSR count). The predicted molar refractivity (Wildman–Crippen MR) is 96.3 cm³/mol. The summed E-state index contributed by atoms with van der Waals surface area (Å²) in [5.41, 5.74) is 0. The largest absolute Gasteiger partial charge is 0.355 e. The molecule has 1 aliphatic heterocycles. The smallest absolute Gasteiger partial charge is 0.220 e. The molecule has 1 saturated carbocycles. The highest BCUT2D eigenvalue weighted by Gasteiger charge is 2.24. The first-order valence-corrected chi connectivity index (χ1v) is 11.2. The molecular weight excluding hydrogens is 326 g/mol. The fourth-order valence-corrected chi connectivity index (χ4v) is 5.14. The Kier molecular flexibility index (Phi) is 8.49. The highest BCUT2D eigenvalue weighted by Crippen LogP contribution is 2.17. The number of nitrogens with one attached hydrogen (secondary N) is 2. The van der Waals surface area contributed by atoms with E-state index in [4.69, 9.17) is 0 Å². The van der Waals surface area contributed by atoms with Gasteiger partial charge in [-0.3, -0.25) is 4.79 Å². The first kappa shape index (κ1) is 19.7. The number of carbonyl (C=O) groups excluding carboxylic acids is 1. The molecule has 0 spiro atoms. The zero-order valence-electron chi connectivity index (χ0n) is 14.8. The van der Waals surface area contributed by atoms with E-state index in [9.17, 15) is 13.2 Å². The SMILES string of the molecule is O=C(CCCS(=O)(=O)N1CCCC1)NCCNC1CCCCCC1. The van der Waals surface area contributed by atoms with Crippen LogP contribution >= 0.6 is 0 Å². The van der Waals surface area contributed by atoms with Gasteiger partial charge in [0, 0.05) is 38.6 Å². The minimum atomic E-state index is -3.16. The van der Waals surface area contributed by atoms with Crippen molar-refractivity contribution in [2.24, 2.45) is 0 Å². The number of amides is 1.